The highest BCUT2D eigenvalue weighted by Crippen LogP contribution is 2.21. The number of nitrogens with zero attached hydrogens (tertiary/aromatic N) is 2. The smallest absolute Gasteiger partial charge is 0.124 e. The molecule has 6 nitrogen and oxygen atoms in total. The quantitative estimate of drug-likeness (QED) is 0.263. The molecule has 0 heterocycles. The summed E-state index contributed by atoms with van der Waals surface area (Å²) in [6, 6.07) is 29.2. The molecule has 0 fully saturated rings. The first-order valence-corrected chi connectivity index (χ1v) is 11.7. The summed E-state index contributed by atoms with van der Waals surface area (Å²) in [5, 5.41) is 19.2. The van der Waals surface area contributed by atoms with Crippen LogP contribution in [0.5, 0.6) is 23.0 Å². The lowest BCUT2D eigenvalue weighted by Gasteiger charge is -2.02. The molecule has 6 heteroatoms. The Bertz CT molecular complexity index is 1170. The van der Waals surface area contributed by atoms with Gasteiger partial charge in [-0.1, -0.05) is 24.3 Å². The molecular formula is C30H30N2O4. The Labute approximate surface area is 211 Å². The largest absolute Gasteiger partial charge is 0.507 e. The van der Waals surface area contributed by atoms with Gasteiger partial charge in [0.15, 0.2) is 0 Å². The van der Waals surface area contributed by atoms with Gasteiger partial charge in [-0.2, -0.15) is 0 Å². The van der Waals surface area contributed by atoms with E-state index in [1.807, 2.05) is 86.6 Å². The molecule has 0 aromatic heterocycles. The van der Waals surface area contributed by atoms with Gasteiger partial charge in [-0.25, -0.2) is 0 Å². The third kappa shape index (κ3) is 8.33. The van der Waals surface area contributed by atoms with Crippen molar-refractivity contribution in [3.63, 3.8) is 0 Å². The van der Waals surface area contributed by atoms with Gasteiger partial charge in [0.05, 0.1) is 24.6 Å². The van der Waals surface area contributed by atoms with Crippen LogP contribution in [0, 0.1) is 0 Å². The minimum Gasteiger partial charge on any atom is -0.507 e. The first-order chi connectivity index (χ1) is 17.6. The van der Waals surface area contributed by atoms with E-state index in [0.29, 0.717) is 24.3 Å². The fourth-order valence-electron chi connectivity index (χ4n) is 3.07. The Morgan fingerprint density at radius 1 is 0.556 bits per heavy atom. The van der Waals surface area contributed by atoms with Crippen LogP contribution < -0.4 is 9.47 Å². The number of phenols is 2. The molecule has 0 unspecified atom stereocenters. The van der Waals surface area contributed by atoms with E-state index >= 15 is 0 Å². The third-order valence-corrected chi connectivity index (χ3v) is 4.87. The summed E-state index contributed by atoms with van der Waals surface area (Å²) in [4.78, 5) is 8.60. The van der Waals surface area contributed by atoms with E-state index in [9.17, 15) is 10.2 Å². The van der Waals surface area contributed by atoms with Crippen molar-refractivity contribution < 1.29 is 19.7 Å². The summed E-state index contributed by atoms with van der Waals surface area (Å²) >= 11 is 0. The molecule has 0 amide bonds. The van der Waals surface area contributed by atoms with Crippen LogP contribution in [0.4, 0.5) is 11.4 Å². The van der Waals surface area contributed by atoms with Gasteiger partial charge in [-0.15, -0.1) is 0 Å². The van der Waals surface area contributed by atoms with Crippen LogP contribution in [0.3, 0.4) is 0 Å². The molecule has 0 aliphatic carbocycles. The normalized spacial score (nSPS) is 10.7. The minimum absolute atomic E-state index is 0.229. The van der Waals surface area contributed by atoms with Gasteiger partial charge in [-0.3, -0.25) is 9.98 Å². The molecule has 0 aliphatic heterocycles. The highest BCUT2D eigenvalue weighted by atomic mass is 16.5. The number of benzene rings is 4. The van der Waals surface area contributed by atoms with Gasteiger partial charge in [0.1, 0.15) is 23.0 Å². The van der Waals surface area contributed by atoms with E-state index in [2.05, 4.69) is 9.98 Å². The maximum absolute atomic E-state index is 9.59. The van der Waals surface area contributed by atoms with Crippen molar-refractivity contribution in [2.45, 2.75) is 13.8 Å². The predicted octanol–water partition coefficient (Wildman–Crippen LogP) is 7.08. The topological polar surface area (TPSA) is 83.6 Å². The van der Waals surface area contributed by atoms with E-state index in [-0.39, 0.29) is 11.5 Å². The van der Waals surface area contributed by atoms with E-state index in [1.54, 1.807) is 36.7 Å². The van der Waals surface area contributed by atoms with Crippen LogP contribution in [-0.2, 0) is 0 Å². The first kappa shape index (κ1) is 26.0. The van der Waals surface area contributed by atoms with Crippen molar-refractivity contribution in [3.05, 3.63) is 108 Å². The van der Waals surface area contributed by atoms with Crippen molar-refractivity contribution in [2.24, 2.45) is 9.98 Å². The zero-order chi connectivity index (χ0) is 25.6. The fourth-order valence-corrected chi connectivity index (χ4v) is 3.07. The lowest BCUT2D eigenvalue weighted by molar-refractivity contribution is 0.340. The van der Waals surface area contributed by atoms with E-state index in [4.69, 9.17) is 9.47 Å². The van der Waals surface area contributed by atoms with Crippen LogP contribution in [-0.4, -0.2) is 35.9 Å². The maximum atomic E-state index is 9.59. The standard InChI is InChI=1S/2C15H15NO2/c2*1-2-18-14-9-7-13(8-10-14)16-11-12-5-3-4-6-15(12)17/h2*3-11,17H,2H2,1H3. The Morgan fingerprint density at radius 2 is 0.917 bits per heavy atom. The van der Waals surface area contributed by atoms with Crippen molar-refractivity contribution >= 4 is 23.8 Å². The van der Waals surface area contributed by atoms with Crippen molar-refractivity contribution in [3.8, 4) is 23.0 Å². The van der Waals surface area contributed by atoms with Crippen LogP contribution in [0.1, 0.15) is 25.0 Å². The molecule has 0 atom stereocenters. The van der Waals surface area contributed by atoms with Gasteiger partial charge in [0.25, 0.3) is 0 Å². The van der Waals surface area contributed by atoms with Crippen molar-refractivity contribution in [1.29, 1.82) is 0 Å². The summed E-state index contributed by atoms with van der Waals surface area (Å²) < 4.78 is 10.7. The molecule has 4 aromatic rings. The van der Waals surface area contributed by atoms with Crippen molar-refractivity contribution in [1.82, 2.24) is 0 Å². The fraction of sp³-hybridized carbons (Fsp3) is 0.133. The molecule has 0 spiro atoms. The molecule has 0 saturated carbocycles. The summed E-state index contributed by atoms with van der Waals surface area (Å²) in [6.07, 6.45) is 3.29. The first-order valence-electron chi connectivity index (χ1n) is 11.7. The van der Waals surface area contributed by atoms with Crippen molar-refractivity contribution in [2.75, 3.05) is 13.2 Å². The Balaban J connectivity index is 0.000000201. The molecule has 0 aliphatic rings. The SMILES string of the molecule is CCOc1ccc(N=Cc2ccccc2O)cc1.CCOc1ccc(N=Cc2ccccc2O)cc1. The minimum atomic E-state index is 0.229. The van der Waals surface area contributed by atoms with E-state index in [1.165, 1.54) is 0 Å². The molecule has 0 radical (unpaired) electrons. The molecular weight excluding hydrogens is 452 g/mol. The zero-order valence-corrected chi connectivity index (χ0v) is 20.4. The van der Waals surface area contributed by atoms with Crippen LogP contribution in [0.2, 0.25) is 0 Å². The van der Waals surface area contributed by atoms with E-state index in [0.717, 1.165) is 22.9 Å². The maximum Gasteiger partial charge on any atom is 0.124 e. The van der Waals surface area contributed by atoms with Gasteiger partial charge < -0.3 is 19.7 Å². The highest BCUT2D eigenvalue weighted by Gasteiger charge is 1.97. The monoisotopic (exact) mass is 482 g/mol. The number of rotatable bonds is 8. The predicted molar refractivity (Wildman–Crippen MR) is 146 cm³/mol. The molecule has 36 heavy (non-hydrogen) atoms. The van der Waals surface area contributed by atoms with Gasteiger partial charge >= 0.3 is 0 Å². The van der Waals surface area contributed by atoms with Gasteiger partial charge in [0, 0.05) is 23.6 Å². The van der Waals surface area contributed by atoms with Crippen LogP contribution in [0.15, 0.2) is 107 Å². The molecule has 2 N–H and O–H groups in total. The number of aromatic hydroxyl groups is 2. The van der Waals surface area contributed by atoms with Gasteiger partial charge in [0.2, 0.25) is 0 Å². The number of para-hydroxylation sites is 2. The number of hydrogen-bond donors (Lipinski definition) is 2. The Morgan fingerprint density at radius 3 is 1.25 bits per heavy atom. The van der Waals surface area contributed by atoms with Crippen LogP contribution >= 0.6 is 0 Å². The number of hydrogen-bond acceptors (Lipinski definition) is 6. The Hall–Kier alpha value is -4.58. The summed E-state index contributed by atoms with van der Waals surface area (Å²) in [5.74, 6) is 2.12. The summed E-state index contributed by atoms with van der Waals surface area (Å²) in [7, 11) is 0. The third-order valence-electron chi connectivity index (χ3n) is 4.87. The second-order valence-electron chi connectivity index (χ2n) is 7.49. The summed E-state index contributed by atoms with van der Waals surface area (Å²) in [6.45, 7) is 5.20. The molecule has 4 aromatic carbocycles. The summed E-state index contributed by atoms with van der Waals surface area (Å²) in [5.41, 5.74) is 3.04. The lowest BCUT2D eigenvalue weighted by Crippen LogP contribution is -1.89. The average molecular weight is 483 g/mol. The van der Waals surface area contributed by atoms with E-state index < -0.39 is 0 Å². The van der Waals surface area contributed by atoms with Gasteiger partial charge in [-0.05, 0) is 86.6 Å². The lowest BCUT2D eigenvalue weighted by atomic mass is 10.2. The number of phenolic OH excluding ortho intramolecular Hbond substituents is 2. The second kappa shape index (κ2) is 14.0. The highest BCUT2D eigenvalue weighted by molar-refractivity contribution is 5.85. The molecule has 0 bridgehead atoms. The van der Waals surface area contributed by atoms with Crippen LogP contribution in [0.25, 0.3) is 0 Å². The molecule has 184 valence electrons. The number of aliphatic imine (C=N–C) groups is 2. The zero-order valence-electron chi connectivity index (χ0n) is 20.4. The Kier molecular flexibility index (Phi) is 10.1. The average Bonchev–Trinajstić information content (AvgIpc) is 2.90. The number of ether oxygens (including phenoxy) is 2. The molecule has 4 rings (SSSR count). The second-order valence-corrected chi connectivity index (χ2v) is 7.49. The molecule has 0 saturated heterocycles.